The molecule has 1 heteroatoms. The average Bonchev–Trinajstić information content (AvgIpc) is 2.40. The van der Waals surface area contributed by atoms with E-state index in [2.05, 4.69) is 44.3 Å². The Labute approximate surface area is 99.3 Å². The average molecular weight is 217 g/mol. The molecule has 0 saturated carbocycles. The summed E-state index contributed by atoms with van der Waals surface area (Å²) in [5.74, 6) is 0.830. The highest BCUT2D eigenvalue weighted by Crippen LogP contribution is 2.32. The maximum atomic E-state index is 3.64. The summed E-state index contributed by atoms with van der Waals surface area (Å²) in [6.07, 6.45) is 3.86. The molecule has 0 spiro atoms. The van der Waals surface area contributed by atoms with Gasteiger partial charge in [-0.25, -0.2) is 0 Å². The molecule has 0 aliphatic heterocycles. The van der Waals surface area contributed by atoms with E-state index in [0.717, 1.165) is 12.5 Å². The van der Waals surface area contributed by atoms with Gasteiger partial charge >= 0.3 is 0 Å². The van der Waals surface area contributed by atoms with Gasteiger partial charge in [-0.1, -0.05) is 37.6 Å². The van der Waals surface area contributed by atoms with Gasteiger partial charge in [-0.3, -0.25) is 0 Å². The Hall–Kier alpha value is -0.820. The van der Waals surface area contributed by atoms with Crippen LogP contribution in [0, 0.1) is 12.8 Å². The van der Waals surface area contributed by atoms with Crippen LogP contribution in [0.15, 0.2) is 18.2 Å². The molecule has 0 radical (unpaired) electrons. The zero-order valence-corrected chi connectivity index (χ0v) is 10.7. The highest BCUT2D eigenvalue weighted by molar-refractivity contribution is 5.35. The molecule has 2 rings (SSSR count). The highest BCUT2D eigenvalue weighted by Gasteiger charge is 2.21. The van der Waals surface area contributed by atoms with Gasteiger partial charge in [0.2, 0.25) is 0 Å². The van der Waals surface area contributed by atoms with Gasteiger partial charge in [-0.05, 0) is 49.8 Å². The molecule has 16 heavy (non-hydrogen) atoms. The van der Waals surface area contributed by atoms with Crippen LogP contribution in [0.1, 0.15) is 49.4 Å². The minimum absolute atomic E-state index is 0.567. The second kappa shape index (κ2) is 5.01. The fraction of sp³-hybridized carbons (Fsp3) is 0.600. The smallest absolute Gasteiger partial charge is 0.0325 e. The van der Waals surface area contributed by atoms with Crippen LogP contribution in [0.3, 0.4) is 0 Å². The van der Waals surface area contributed by atoms with Crippen LogP contribution in [0.5, 0.6) is 0 Å². The zero-order chi connectivity index (χ0) is 11.5. The van der Waals surface area contributed by atoms with E-state index in [1.807, 2.05) is 0 Å². The third-order valence-electron chi connectivity index (χ3n) is 3.67. The third kappa shape index (κ3) is 2.46. The first kappa shape index (κ1) is 11.7. The summed E-state index contributed by atoms with van der Waals surface area (Å²) < 4.78 is 0. The van der Waals surface area contributed by atoms with E-state index in [1.165, 1.54) is 24.8 Å². The van der Waals surface area contributed by atoms with Crippen LogP contribution in [0.2, 0.25) is 0 Å². The molecule has 1 aromatic rings. The third-order valence-corrected chi connectivity index (χ3v) is 3.67. The number of fused-ring (bicyclic) bond motifs is 1. The molecule has 0 amide bonds. The van der Waals surface area contributed by atoms with E-state index < -0.39 is 0 Å². The molecule has 0 fully saturated rings. The van der Waals surface area contributed by atoms with E-state index in [-0.39, 0.29) is 0 Å². The Bertz CT molecular complexity index is 356. The molecule has 0 aromatic heterocycles. The Morgan fingerprint density at radius 3 is 2.94 bits per heavy atom. The summed E-state index contributed by atoms with van der Waals surface area (Å²) in [6, 6.07) is 7.52. The molecule has 1 aliphatic carbocycles. The second-order valence-electron chi connectivity index (χ2n) is 5.19. The maximum absolute atomic E-state index is 3.64. The van der Waals surface area contributed by atoms with Gasteiger partial charge in [0.05, 0.1) is 0 Å². The van der Waals surface area contributed by atoms with Crippen molar-refractivity contribution in [3.63, 3.8) is 0 Å². The minimum Gasteiger partial charge on any atom is -0.310 e. The minimum atomic E-state index is 0.567. The van der Waals surface area contributed by atoms with Crippen LogP contribution in [-0.2, 0) is 6.42 Å². The Kier molecular flexibility index (Phi) is 3.65. The molecule has 0 bridgehead atoms. The standard InChI is InChI=1S/C15H23N/c1-4-16-15-10-12(3)6-8-13-7-5-11(2)9-14(13)15/h5,7,9,12,15-16H,4,6,8,10H2,1-3H3. The first-order chi connectivity index (χ1) is 7.70. The van der Waals surface area contributed by atoms with Gasteiger partial charge in [0, 0.05) is 6.04 Å². The zero-order valence-electron chi connectivity index (χ0n) is 10.7. The lowest BCUT2D eigenvalue weighted by molar-refractivity contribution is 0.414. The maximum Gasteiger partial charge on any atom is 0.0325 e. The van der Waals surface area contributed by atoms with Crippen molar-refractivity contribution < 1.29 is 0 Å². The monoisotopic (exact) mass is 217 g/mol. The van der Waals surface area contributed by atoms with E-state index in [1.54, 1.807) is 11.1 Å². The van der Waals surface area contributed by atoms with E-state index in [4.69, 9.17) is 0 Å². The van der Waals surface area contributed by atoms with Gasteiger partial charge in [-0.15, -0.1) is 0 Å². The molecular weight excluding hydrogens is 194 g/mol. The number of hydrogen-bond donors (Lipinski definition) is 1. The summed E-state index contributed by atoms with van der Waals surface area (Å²) in [4.78, 5) is 0. The fourth-order valence-corrected chi connectivity index (χ4v) is 2.76. The van der Waals surface area contributed by atoms with Crippen LogP contribution in [0.4, 0.5) is 0 Å². The van der Waals surface area contributed by atoms with Crippen molar-refractivity contribution in [3.05, 3.63) is 34.9 Å². The lowest BCUT2D eigenvalue weighted by Gasteiger charge is -2.20. The number of benzene rings is 1. The molecule has 88 valence electrons. The summed E-state index contributed by atoms with van der Waals surface area (Å²) in [6.45, 7) is 7.83. The van der Waals surface area contributed by atoms with Gasteiger partial charge in [0.1, 0.15) is 0 Å². The van der Waals surface area contributed by atoms with E-state index >= 15 is 0 Å². The van der Waals surface area contributed by atoms with Gasteiger partial charge in [0.15, 0.2) is 0 Å². The summed E-state index contributed by atoms with van der Waals surface area (Å²) in [7, 11) is 0. The largest absolute Gasteiger partial charge is 0.310 e. The number of rotatable bonds is 2. The molecule has 0 saturated heterocycles. The van der Waals surface area contributed by atoms with Crippen molar-refractivity contribution in [1.82, 2.24) is 5.32 Å². The van der Waals surface area contributed by atoms with Crippen LogP contribution in [-0.4, -0.2) is 6.54 Å². The quantitative estimate of drug-likeness (QED) is 0.746. The predicted octanol–water partition coefficient (Wildman–Crippen LogP) is 3.62. The van der Waals surface area contributed by atoms with E-state index in [9.17, 15) is 0 Å². The van der Waals surface area contributed by atoms with Crippen LogP contribution in [0.25, 0.3) is 0 Å². The van der Waals surface area contributed by atoms with Crippen molar-refractivity contribution in [2.24, 2.45) is 5.92 Å². The molecule has 2 unspecified atom stereocenters. The molecule has 1 nitrogen and oxygen atoms in total. The van der Waals surface area contributed by atoms with Crippen molar-refractivity contribution in [2.45, 2.75) is 46.1 Å². The van der Waals surface area contributed by atoms with Crippen LogP contribution < -0.4 is 5.32 Å². The Morgan fingerprint density at radius 1 is 1.38 bits per heavy atom. The fourth-order valence-electron chi connectivity index (χ4n) is 2.76. The Balaban J connectivity index is 2.34. The van der Waals surface area contributed by atoms with Crippen molar-refractivity contribution in [3.8, 4) is 0 Å². The lowest BCUT2D eigenvalue weighted by atomic mass is 9.95. The molecule has 1 aliphatic rings. The first-order valence-electron chi connectivity index (χ1n) is 6.53. The normalized spacial score (nSPS) is 24.9. The van der Waals surface area contributed by atoms with Crippen LogP contribution >= 0.6 is 0 Å². The predicted molar refractivity (Wildman–Crippen MR) is 69.7 cm³/mol. The Morgan fingerprint density at radius 2 is 2.19 bits per heavy atom. The lowest BCUT2D eigenvalue weighted by Crippen LogP contribution is -2.22. The summed E-state index contributed by atoms with van der Waals surface area (Å²) in [5.41, 5.74) is 4.49. The van der Waals surface area contributed by atoms with E-state index in [0.29, 0.717) is 6.04 Å². The molecule has 0 heterocycles. The molecular formula is C15H23N. The number of hydrogen-bond acceptors (Lipinski definition) is 1. The topological polar surface area (TPSA) is 12.0 Å². The summed E-state index contributed by atoms with van der Waals surface area (Å²) >= 11 is 0. The van der Waals surface area contributed by atoms with Gasteiger partial charge < -0.3 is 5.32 Å². The number of aryl methyl sites for hydroxylation is 2. The molecule has 1 N–H and O–H groups in total. The van der Waals surface area contributed by atoms with Gasteiger partial charge in [0.25, 0.3) is 0 Å². The highest BCUT2D eigenvalue weighted by atomic mass is 14.9. The van der Waals surface area contributed by atoms with Crippen molar-refractivity contribution in [1.29, 1.82) is 0 Å². The molecule has 1 aromatic carbocycles. The van der Waals surface area contributed by atoms with Crippen molar-refractivity contribution >= 4 is 0 Å². The summed E-state index contributed by atoms with van der Waals surface area (Å²) in [5, 5.41) is 3.64. The molecule has 2 atom stereocenters. The van der Waals surface area contributed by atoms with Gasteiger partial charge in [-0.2, -0.15) is 0 Å². The number of nitrogens with one attached hydrogen (secondary N) is 1. The van der Waals surface area contributed by atoms with Crippen molar-refractivity contribution in [2.75, 3.05) is 6.54 Å². The first-order valence-corrected chi connectivity index (χ1v) is 6.53. The SMILES string of the molecule is CCNC1CC(C)CCc2ccc(C)cc21. The second-order valence-corrected chi connectivity index (χ2v) is 5.19.